The normalized spacial score (nSPS) is 11.0. The van der Waals surface area contributed by atoms with Gasteiger partial charge in [-0.05, 0) is 23.3 Å². The Morgan fingerprint density at radius 3 is 2.52 bits per heavy atom. The Morgan fingerprint density at radius 1 is 1.03 bits per heavy atom. The highest BCUT2D eigenvalue weighted by molar-refractivity contribution is 6.00. The standard InChI is InChI=1S/C23H19N5O3/c24-23(29)30-14-15-6-8-17(9-7-15)22-18(16-4-2-1-3-5-16)12-19-20(28-22)10-11-26-21(19)13-27-31-25/h1-13H,14,25H2,(H2,24,29)/b27-13-. The number of nitrogens with zero attached hydrogens (tertiary/aromatic N) is 3. The van der Waals surface area contributed by atoms with Crippen LogP contribution in [0.2, 0.25) is 0 Å². The van der Waals surface area contributed by atoms with Gasteiger partial charge < -0.3 is 15.4 Å². The molecule has 8 heteroatoms. The van der Waals surface area contributed by atoms with Gasteiger partial charge in [-0.2, -0.15) is 0 Å². The van der Waals surface area contributed by atoms with Gasteiger partial charge in [0.25, 0.3) is 0 Å². The van der Waals surface area contributed by atoms with E-state index in [4.69, 9.17) is 21.4 Å². The fraction of sp³-hybridized carbons (Fsp3) is 0.0435. The lowest BCUT2D eigenvalue weighted by Crippen LogP contribution is -2.12. The first kappa shape index (κ1) is 20.0. The minimum atomic E-state index is -0.806. The van der Waals surface area contributed by atoms with Gasteiger partial charge in [0.1, 0.15) is 6.61 Å². The summed E-state index contributed by atoms with van der Waals surface area (Å²) in [6.45, 7) is 0.115. The van der Waals surface area contributed by atoms with Crippen molar-refractivity contribution in [3.63, 3.8) is 0 Å². The number of aromatic nitrogens is 2. The first-order valence-corrected chi connectivity index (χ1v) is 9.41. The SMILES string of the molecule is NO/N=C\c1nccc2nc(-c3ccc(COC(N)=O)cc3)c(-c3ccccc3)cc12. The Bertz CT molecular complexity index is 1240. The van der Waals surface area contributed by atoms with E-state index in [1.807, 2.05) is 66.7 Å². The van der Waals surface area contributed by atoms with Crippen molar-refractivity contribution in [1.82, 2.24) is 9.97 Å². The second kappa shape index (κ2) is 9.02. The Kier molecular flexibility index (Phi) is 5.82. The predicted octanol–water partition coefficient (Wildman–Crippen LogP) is 3.78. The molecule has 0 radical (unpaired) electrons. The molecule has 0 saturated heterocycles. The van der Waals surface area contributed by atoms with E-state index in [0.717, 1.165) is 38.9 Å². The van der Waals surface area contributed by atoms with Gasteiger partial charge in [0.05, 0.1) is 23.1 Å². The van der Waals surface area contributed by atoms with Crippen LogP contribution in [0.25, 0.3) is 33.3 Å². The molecule has 1 amide bonds. The Balaban J connectivity index is 1.85. The molecule has 0 spiro atoms. The number of benzene rings is 2. The molecule has 2 aromatic heterocycles. The molecule has 31 heavy (non-hydrogen) atoms. The summed E-state index contributed by atoms with van der Waals surface area (Å²) in [5.74, 6) is 5.02. The molecule has 2 heterocycles. The Labute approximate surface area is 178 Å². The summed E-state index contributed by atoms with van der Waals surface area (Å²) in [4.78, 5) is 24.4. The van der Waals surface area contributed by atoms with Gasteiger partial charge in [-0.25, -0.2) is 9.78 Å². The molecule has 0 saturated carbocycles. The van der Waals surface area contributed by atoms with Crippen molar-refractivity contribution in [1.29, 1.82) is 0 Å². The van der Waals surface area contributed by atoms with Crippen molar-refractivity contribution < 1.29 is 14.5 Å². The highest BCUT2D eigenvalue weighted by Gasteiger charge is 2.13. The van der Waals surface area contributed by atoms with Crippen molar-refractivity contribution >= 4 is 23.2 Å². The molecule has 0 bridgehead atoms. The molecular weight excluding hydrogens is 394 g/mol. The summed E-state index contributed by atoms with van der Waals surface area (Å²) in [5.41, 5.74) is 10.9. The van der Waals surface area contributed by atoms with Crippen LogP contribution >= 0.6 is 0 Å². The molecule has 4 N–H and O–H groups in total. The first-order valence-electron chi connectivity index (χ1n) is 9.41. The van der Waals surface area contributed by atoms with Crippen LogP contribution in [0.3, 0.4) is 0 Å². The topological polar surface area (TPSA) is 126 Å². The summed E-state index contributed by atoms with van der Waals surface area (Å²) < 4.78 is 4.85. The fourth-order valence-electron chi connectivity index (χ4n) is 3.27. The molecule has 0 fully saturated rings. The molecule has 0 unspecified atom stereocenters. The van der Waals surface area contributed by atoms with E-state index < -0.39 is 6.09 Å². The minimum absolute atomic E-state index is 0.115. The van der Waals surface area contributed by atoms with E-state index in [1.165, 1.54) is 6.21 Å². The number of rotatable bonds is 6. The van der Waals surface area contributed by atoms with Gasteiger partial charge in [-0.3, -0.25) is 4.98 Å². The second-order valence-electron chi connectivity index (χ2n) is 6.66. The summed E-state index contributed by atoms with van der Waals surface area (Å²) in [7, 11) is 0. The number of hydrogen-bond donors (Lipinski definition) is 2. The number of fused-ring (bicyclic) bond motifs is 1. The zero-order chi connectivity index (χ0) is 21.6. The largest absolute Gasteiger partial charge is 0.445 e. The van der Waals surface area contributed by atoms with Crippen molar-refractivity contribution in [2.24, 2.45) is 16.8 Å². The third kappa shape index (κ3) is 4.49. The van der Waals surface area contributed by atoms with Crippen LogP contribution in [0.4, 0.5) is 4.79 Å². The molecule has 0 aliphatic rings. The summed E-state index contributed by atoms with van der Waals surface area (Å²) in [5, 5.41) is 4.45. The molecule has 4 rings (SSSR count). The van der Waals surface area contributed by atoms with Crippen LogP contribution in [0.1, 0.15) is 11.3 Å². The Morgan fingerprint density at radius 2 is 1.81 bits per heavy atom. The lowest BCUT2D eigenvalue weighted by Gasteiger charge is -2.13. The highest BCUT2D eigenvalue weighted by atomic mass is 16.7. The molecular formula is C23H19N5O3. The number of amides is 1. The lowest BCUT2D eigenvalue weighted by molar-refractivity contribution is 0.150. The number of hydrogen-bond acceptors (Lipinski definition) is 7. The van der Waals surface area contributed by atoms with Crippen molar-refractivity contribution in [3.05, 3.63) is 84.2 Å². The van der Waals surface area contributed by atoms with E-state index in [-0.39, 0.29) is 6.61 Å². The monoisotopic (exact) mass is 413 g/mol. The van der Waals surface area contributed by atoms with Crippen LogP contribution < -0.4 is 11.6 Å². The van der Waals surface area contributed by atoms with Gasteiger partial charge >= 0.3 is 6.09 Å². The number of nitrogens with two attached hydrogens (primary N) is 2. The number of carbonyl (C=O) groups excluding carboxylic acids is 1. The molecule has 0 aliphatic carbocycles. The van der Waals surface area contributed by atoms with Crippen LogP contribution in [0.15, 0.2) is 78.1 Å². The zero-order valence-electron chi connectivity index (χ0n) is 16.4. The minimum Gasteiger partial charge on any atom is -0.445 e. The van der Waals surface area contributed by atoms with Gasteiger partial charge in [0.2, 0.25) is 0 Å². The maximum atomic E-state index is 10.8. The van der Waals surface area contributed by atoms with Crippen LogP contribution in [0.5, 0.6) is 0 Å². The summed E-state index contributed by atoms with van der Waals surface area (Å²) in [6.07, 6.45) is 2.30. The maximum Gasteiger partial charge on any atom is 0.404 e. The Hall–Kier alpha value is -4.30. The summed E-state index contributed by atoms with van der Waals surface area (Å²) in [6, 6.07) is 21.4. The smallest absolute Gasteiger partial charge is 0.404 e. The number of ether oxygens (including phenoxy) is 1. The maximum absolute atomic E-state index is 10.8. The highest BCUT2D eigenvalue weighted by Crippen LogP contribution is 2.34. The van der Waals surface area contributed by atoms with Crippen molar-refractivity contribution in [2.75, 3.05) is 0 Å². The molecule has 2 aromatic carbocycles. The van der Waals surface area contributed by atoms with Gasteiger partial charge in [-0.1, -0.05) is 59.8 Å². The second-order valence-corrected chi connectivity index (χ2v) is 6.66. The lowest BCUT2D eigenvalue weighted by atomic mass is 9.96. The van der Waals surface area contributed by atoms with Crippen molar-refractivity contribution in [3.8, 4) is 22.4 Å². The first-order chi connectivity index (χ1) is 15.2. The number of primary amides is 1. The van der Waals surface area contributed by atoms with Gasteiger partial charge in [-0.15, -0.1) is 5.90 Å². The fourth-order valence-corrected chi connectivity index (χ4v) is 3.27. The van der Waals surface area contributed by atoms with Gasteiger partial charge in [0.15, 0.2) is 0 Å². The average Bonchev–Trinajstić information content (AvgIpc) is 2.81. The third-order valence-corrected chi connectivity index (χ3v) is 4.70. The van der Waals surface area contributed by atoms with E-state index in [9.17, 15) is 4.79 Å². The van der Waals surface area contributed by atoms with Crippen molar-refractivity contribution in [2.45, 2.75) is 6.61 Å². The van der Waals surface area contributed by atoms with Crippen LogP contribution in [-0.2, 0) is 16.3 Å². The van der Waals surface area contributed by atoms with Gasteiger partial charge in [0, 0.05) is 22.7 Å². The molecule has 0 aliphatic heterocycles. The molecule has 8 nitrogen and oxygen atoms in total. The van der Waals surface area contributed by atoms with Crippen LogP contribution in [0, 0.1) is 0 Å². The number of carbonyl (C=O) groups is 1. The summed E-state index contributed by atoms with van der Waals surface area (Å²) >= 11 is 0. The quantitative estimate of drug-likeness (QED) is 0.366. The van der Waals surface area contributed by atoms with E-state index in [1.54, 1.807) is 6.20 Å². The van der Waals surface area contributed by atoms with E-state index >= 15 is 0 Å². The predicted molar refractivity (Wildman–Crippen MR) is 118 cm³/mol. The number of pyridine rings is 2. The molecule has 4 aromatic rings. The average molecular weight is 413 g/mol. The zero-order valence-corrected chi connectivity index (χ0v) is 16.4. The van der Waals surface area contributed by atoms with Crippen LogP contribution in [-0.4, -0.2) is 22.3 Å². The van der Waals surface area contributed by atoms with E-state index in [2.05, 4.69) is 15.1 Å². The third-order valence-electron chi connectivity index (χ3n) is 4.70. The molecule has 154 valence electrons. The number of oxime groups is 1. The molecule has 0 atom stereocenters. The van der Waals surface area contributed by atoms with E-state index in [0.29, 0.717) is 5.69 Å².